The molecule has 1 fully saturated rings. The number of benzene rings is 1. The van der Waals surface area contributed by atoms with E-state index in [4.69, 9.17) is 21.6 Å². The number of hydrogen-bond donors (Lipinski definition) is 3. The molecule has 106 valence electrons. The molecule has 7 heteroatoms. The maximum Gasteiger partial charge on any atom is 0.414 e. The fraction of sp³-hybridized carbons (Fsp3) is 0.231. The number of halogens is 1. The fourth-order valence-corrected chi connectivity index (χ4v) is 1.94. The van der Waals surface area contributed by atoms with Crippen molar-refractivity contribution in [1.29, 1.82) is 5.41 Å². The quantitative estimate of drug-likeness (QED) is 0.716. The number of rotatable bonds is 4. The number of allylic oxidation sites excluding steroid dienone is 1. The van der Waals surface area contributed by atoms with Crippen LogP contribution in [0, 0.1) is 11.2 Å². The molecule has 1 aromatic carbocycles. The zero-order valence-electron chi connectivity index (χ0n) is 10.7. The SMILES string of the molecule is N=C/C=C(\N)c1ccc(N2CC(CN)OC2=O)cc1F. The zero-order valence-corrected chi connectivity index (χ0v) is 10.7. The van der Waals surface area contributed by atoms with E-state index in [-0.39, 0.29) is 23.9 Å². The first-order valence-electron chi connectivity index (χ1n) is 6.01. The molecule has 0 bridgehead atoms. The van der Waals surface area contributed by atoms with Crippen molar-refractivity contribution >= 4 is 23.7 Å². The van der Waals surface area contributed by atoms with E-state index >= 15 is 0 Å². The second-order valence-electron chi connectivity index (χ2n) is 4.30. The Bertz CT molecular complexity index is 573. The van der Waals surface area contributed by atoms with Gasteiger partial charge in [-0.3, -0.25) is 4.90 Å². The maximum atomic E-state index is 14.0. The summed E-state index contributed by atoms with van der Waals surface area (Å²) in [4.78, 5) is 13.0. The van der Waals surface area contributed by atoms with Gasteiger partial charge < -0.3 is 21.6 Å². The third-order valence-corrected chi connectivity index (χ3v) is 2.98. The summed E-state index contributed by atoms with van der Waals surface area (Å²) in [7, 11) is 0. The van der Waals surface area contributed by atoms with E-state index in [9.17, 15) is 9.18 Å². The van der Waals surface area contributed by atoms with E-state index in [0.29, 0.717) is 12.2 Å². The van der Waals surface area contributed by atoms with Crippen LogP contribution in [0.4, 0.5) is 14.9 Å². The van der Waals surface area contributed by atoms with Crippen molar-refractivity contribution in [2.75, 3.05) is 18.0 Å². The number of nitrogens with zero attached hydrogens (tertiary/aromatic N) is 1. The van der Waals surface area contributed by atoms with Gasteiger partial charge in [-0.25, -0.2) is 9.18 Å². The molecule has 1 saturated heterocycles. The summed E-state index contributed by atoms with van der Waals surface area (Å²) < 4.78 is 19.0. The number of ether oxygens (including phenoxy) is 1. The molecule has 2 rings (SSSR count). The second-order valence-corrected chi connectivity index (χ2v) is 4.30. The summed E-state index contributed by atoms with van der Waals surface area (Å²) >= 11 is 0. The van der Waals surface area contributed by atoms with Crippen LogP contribution in [0.15, 0.2) is 24.3 Å². The van der Waals surface area contributed by atoms with Crippen LogP contribution in [-0.2, 0) is 4.74 Å². The van der Waals surface area contributed by atoms with Crippen molar-refractivity contribution in [2.45, 2.75) is 6.10 Å². The van der Waals surface area contributed by atoms with E-state index in [1.807, 2.05) is 0 Å². The molecule has 1 amide bonds. The summed E-state index contributed by atoms with van der Waals surface area (Å²) in [6, 6.07) is 4.24. The smallest absolute Gasteiger partial charge is 0.414 e. The number of carbonyl (C=O) groups is 1. The van der Waals surface area contributed by atoms with Gasteiger partial charge in [0.15, 0.2) is 0 Å². The first-order valence-corrected chi connectivity index (χ1v) is 6.01. The van der Waals surface area contributed by atoms with E-state index in [0.717, 1.165) is 6.21 Å². The molecular weight excluding hydrogens is 263 g/mol. The van der Waals surface area contributed by atoms with Crippen LogP contribution in [0.2, 0.25) is 0 Å². The van der Waals surface area contributed by atoms with Crippen molar-refractivity contribution in [2.24, 2.45) is 11.5 Å². The second kappa shape index (κ2) is 5.70. The van der Waals surface area contributed by atoms with Crippen LogP contribution in [-0.4, -0.2) is 31.5 Å². The molecule has 1 aromatic rings. The van der Waals surface area contributed by atoms with Gasteiger partial charge in [0.25, 0.3) is 0 Å². The van der Waals surface area contributed by atoms with Crippen LogP contribution in [0.5, 0.6) is 0 Å². The Kier molecular flexibility index (Phi) is 3.99. The van der Waals surface area contributed by atoms with E-state index < -0.39 is 11.9 Å². The summed E-state index contributed by atoms with van der Waals surface area (Å²) in [6.07, 6.45) is 1.34. The number of hydrogen-bond acceptors (Lipinski definition) is 5. The summed E-state index contributed by atoms with van der Waals surface area (Å²) in [6.45, 7) is 0.512. The molecular formula is C13H15FN4O2. The van der Waals surface area contributed by atoms with Gasteiger partial charge in [-0.15, -0.1) is 0 Å². The average Bonchev–Trinajstić information content (AvgIpc) is 2.80. The Labute approximate surface area is 115 Å². The van der Waals surface area contributed by atoms with Crippen LogP contribution < -0.4 is 16.4 Å². The molecule has 1 atom stereocenters. The van der Waals surface area contributed by atoms with Gasteiger partial charge in [-0.1, -0.05) is 0 Å². The van der Waals surface area contributed by atoms with Crippen molar-refractivity contribution in [3.05, 3.63) is 35.7 Å². The van der Waals surface area contributed by atoms with E-state index in [2.05, 4.69) is 0 Å². The lowest BCUT2D eigenvalue weighted by molar-refractivity contribution is 0.145. The normalized spacial score (nSPS) is 19.1. The van der Waals surface area contributed by atoms with Crippen LogP contribution in [0.1, 0.15) is 5.56 Å². The Morgan fingerprint density at radius 3 is 2.90 bits per heavy atom. The highest BCUT2D eigenvalue weighted by Gasteiger charge is 2.31. The summed E-state index contributed by atoms with van der Waals surface area (Å²) in [5.74, 6) is -0.568. The Morgan fingerprint density at radius 2 is 2.35 bits per heavy atom. The highest BCUT2D eigenvalue weighted by atomic mass is 19.1. The lowest BCUT2D eigenvalue weighted by Crippen LogP contribution is -2.27. The Balaban J connectivity index is 2.28. The third kappa shape index (κ3) is 2.62. The Morgan fingerprint density at radius 1 is 1.60 bits per heavy atom. The Hall–Kier alpha value is -2.41. The molecule has 6 nitrogen and oxygen atoms in total. The van der Waals surface area contributed by atoms with Crippen molar-refractivity contribution < 1.29 is 13.9 Å². The molecule has 1 heterocycles. The number of nitrogens with one attached hydrogen (secondary N) is 1. The molecule has 0 saturated carbocycles. The number of carbonyl (C=O) groups excluding carboxylic acids is 1. The topological polar surface area (TPSA) is 105 Å². The number of anilines is 1. The average molecular weight is 278 g/mol. The van der Waals surface area contributed by atoms with Crippen LogP contribution >= 0.6 is 0 Å². The van der Waals surface area contributed by atoms with Crippen LogP contribution in [0.3, 0.4) is 0 Å². The largest absolute Gasteiger partial charge is 0.443 e. The van der Waals surface area contributed by atoms with Gasteiger partial charge in [0.2, 0.25) is 0 Å². The van der Waals surface area contributed by atoms with Gasteiger partial charge in [-0.05, 0) is 24.3 Å². The van der Waals surface area contributed by atoms with Gasteiger partial charge in [0.05, 0.1) is 12.2 Å². The molecule has 1 aliphatic heterocycles. The molecule has 5 N–H and O–H groups in total. The number of cyclic esters (lactones) is 1. The lowest BCUT2D eigenvalue weighted by Gasteiger charge is -2.14. The van der Waals surface area contributed by atoms with Gasteiger partial charge >= 0.3 is 6.09 Å². The highest BCUT2D eigenvalue weighted by Crippen LogP contribution is 2.25. The monoisotopic (exact) mass is 278 g/mol. The van der Waals surface area contributed by atoms with Crippen molar-refractivity contribution in [3.63, 3.8) is 0 Å². The third-order valence-electron chi connectivity index (χ3n) is 2.98. The predicted octanol–water partition coefficient (Wildman–Crippen LogP) is 1.06. The molecule has 0 spiro atoms. The standard InChI is InChI=1S/C13H15FN4O2/c14-11-5-8(1-2-10(11)12(17)3-4-15)18-7-9(6-16)20-13(18)19/h1-5,9,15H,6-7,16-17H2/b12-3-,15-4?. The minimum absolute atomic E-state index is 0.146. The van der Waals surface area contributed by atoms with Crippen molar-refractivity contribution in [3.8, 4) is 0 Å². The molecule has 1 unspecified atom stereocenters. The number of nitrogens with two attached hydrogens (primary N) is 2. The molecule has 1 aliphatic rings. The first-order chi connectivity index (χ1) is 9.56. The number of amides is 1. The zero-order chi connectivity index (χ0) is 14.7. The fourth-order valence-electron chi connectivity index (χ4n) is 1.94. The maximum absolute atomic E-state index is 14.0. The predicted molar refractivity (Wildman–Crippen MR) is 74.0 cm³/mol. The molecule has 0 radical (unpaired) electrons. The van der Waals surface area contributed by atoms with Gasteiger partial charge in [0.1, 0.15) is 11.9 Å². The molecule has 20 heavy (non-hydrogen) atoms. The molecule has 0 aromatic heterocycles. The minimum Gasteiger partial charge on any atom is -0.443 e. The minimum atomic E-state index is -0.568. The first kappa shape index (κ1) is 14.0. The van der Waals surface area contributed by atoms with E-state index in [1.165, 1.54) is 23.1 Å². The summed E-state index contributed by atoms with van der Waals surface area (Å²) in [5.41, 5.74) is 11.8. The van der Waals surface area contributed by atoms with Gasteiger partial charge in [-0.2, -0.15) is 0 Å². The summed E-state index contributed by atoms with van der Waals surface area (Å²) in [5, 5.41) is 6.92. The van der Waals surface area contributed by atoms with Crippen molar-refractivity contribution in [1.82, 2.24) is 0 Å². The highest BCUT2D eigenvalue weighted by molar-refractivity contribution is 5.90. The van der Waals surface area contributed by atoms with Crippen LogP contribution in [0.25, 0.3) is 5.70 Å². The lowest BCUT2D eigenvalue weighted by atomic mass is 10.1. The molecule has 0 aliphatic carbocycles. The van der Waals surface area contributed by atoms with E-state index in [1.54, 1.807) is 6.07 Å². The van der Waals surface area contributed by atoms with Gasteiger partial charge in [0, 0.05) is 24.0 Å².